The highest BCUT2D eigenvalue weighted by Gasteiger charge is 2.27. The lowest BCUT2D eigenvalue weighted by Gasteiger charge is -2.20. The number of benzene rings is 1. The van der Waals surface area contributed by atoms with Crippen molar-refractivity contribution in [2.45, 2.75) is 33.4 Å². The first-order valence-electron chi connectivity index (χ1n) is 8.92. The molecule has 2 aromatic heterocycles. The zero-order valence-corrected chi connectivity index (χ0v) is 16.0. The molecule has 0 aliphatic heterocycles. The zero-order chi connectivity index (χ0) is 19.6. The van der Waals surface area contributed by atoms with Crippen LogP contribution in [-0.4, -0.2) is 29.6 Å². The van der Waals surface area contributed by atoms with E-state index in [0.717, 1.165) is 16.6 Å². The van der Waals surface area contributed by atoms with E-state index in [9.17, 15) is 9.59 Å². The third kappa shape index (κ3) is 3.74. The molecule has 6 nitrogen and oxygen atoms in total. The number of ether oxygens (including phenoxy) is 1. The van der Waals surface area contributed by atoms with Gasteiger partial charge in [0.2, 0.25) is 0 Å². The Labute approximate surface area is 158 Å². The molecule has 1 amide bonds. The minimum absolute atomic E-state index is 0.0934. The summed E-state index contributed by atoms with van der Waals surface area (Å²) in [6, 6.07) is 10.9. The molecule has 0 aliphatic rings. The van der Waals surface area contributed by atoms with Crippen LogP contribution in [0.2, 0.25) is 0 Å². The fraction of sp³-hybridized carbons (Fsp3) is 0.333. The molecule has 0 saturated carbocycles. The van der Waals surface area contributed by atoms with Gasteiger partial charge >= 0.3 is 5.97 Å². The number of esters is 1. The quantitative estimate of drug-likeness (QED) is 0.676. The van der Waals surface area contributed by atoms with Crippen LogP contribution >= 0.6 is 0 Å². The Kier molecular flexibility index (Phi) is 5.35. The minimum atomic E-state index is -0.712. The Balaban J connectivity index is 1.96. The lowest BCUT2D eigenvalue weighted by molar-refractivity contribution is -0.144. The van der Waals surface area contributed by atoms with E-state index in [4.69, 9.17) is 9.15 Å². The van der Waals surface area contributed by atoms with Gasteiger partial charge in [0.1, 0.15) is 11.7 Å². The van der Waals surface area contributed by atoms with Gasteiger partial charge in [-0.3, -0.25) is 4.79 Å². The topological polar surface area (TPSA) is 73.5 Å². The zero-order valence-electron chi connectivity index (χ0n) is 16.0. The van der Waals surface area contributed by atoms with Gasteiger partial charge in [-0.05, 0) is 24.0 Å². The average Bonchev–Trinajstić information content (AvgIpc) is 3.23. The van der Waals surface area contributed by atoms with E-state index < -0.39 is 12.0 Å². The van der Waals surface area contributed by atoms with Crippen molar-refractivity contribution in [1.29, 1.82) is 0 Å². The molecule has 3 rings (SSSR count). The first kappa shape index (κ1) is 18.8. The van der Waals surface area contributed by atoms with Crippen molar-refractivity contribution < 1.29 is 18.7 Å². The van der Waals surface area contributed by atoms with Gasteiger partial charge in [0.25, 0.3) is 5.91 Å². The molecule has 2 heterocycles. The largest absolute Gasteiger partial charge is 0.467 e. The summed E-state index contributed by atoms with van der Waals surface area (Å²) >= 11 is 0. The van der Waals surface area contributed by atoms with E-state index >= 15 is 0 Å². The van der Waals surface area contributed by atoms with Gasteiger partial charge in [-0.25, -0.2) is 4.79 Å². The van der Waals surface area contributed by atoms with Crippen LogP contribution in [0.1, 0.15) is 35.5 Å². The molecule has 1 atom stereocenters. The number of furan rings is 1. The molecule has 0 aliphatic carbocycles. The first-order chi connectivity index (χ1) is 12.9. The highest BCUT2D eigenvalue weighted by Crippen LogP contribution is 2.23. The van der Waals surface area contributed by atoms with E-state index in [1.807, 2.05) is 55.7 Å². The molecule has 1 unspecified atom stereocenters. The predicted octanol–water partition coefficient (Wildman–Crippen LogP) is 3.52. The first-order valence-corrected chi connectivity index (χ1v) is 8.92. The van der Waals surface area contributed by atoms with Crippen LogP contribution in [0.15, 0.2) is 47.1 Å². The lowest BCUT2D eigenvalue weighted by atomic mass is 10.0. The van der Waals surface area contributed by atoms with E-state index in [-0.39, 0.29) is 11.8 Å². The maximum Gasteiger partial charge on any atom is 0.328 e. The summed E-state index contributed by atoms with van der Waals surface area (Å²) in [4.78, 5) is 25.0. The van der Waals surface area contributed by atoms with Crippen LogP contribution in [0.25, 0.3) is 11.1 Å². The summed E-state index contributed by atoms with van der Waals surface area (Å²) < 4.78 is 12.2. The second-order valence-corrected chi connectivity index (χ2v) is 6.93. The van der Waals surface area contributed by atoms with Crippen molar-refractivity contribution in [3.8, 4) is 0 Å². The van der Waals surface area contributed by atoms with Crippen molar-refractivity contribution in [2.75, 3.05) is 7.11 Å². The van der Waals surface area contributed by atoms with Gasteiger partial charge in [-0.15, -0.1) is 0 Å². The average molecular weight is 368 g/mol. The van der Waals surface area contributed by atoms with Crippen molar-refractivity contribution in [2.24, 2.45) is 5.92 Å². The van der Waals surface area contributed by atoms with E-state index in [1.165, 1.54) is 7.11 Å². The van der Waals surface area contributed by atoms with E-state index in [1.54, 1.807) is 12.3 Å². The van der Waals surface area contributed by atoms with Gasteiger partial charge in [0, 0.05) is 18.7 Å². The van der Waals surface area contributed by atoms with Crippen LogP contribution in [0.3, 0.4) is 0 Å². The normalized spacial score (nSPS) is 12.3. The Hall–Kier alpha value is -3.02. The molecule has 0 fully saturated rings. The second kappa shape index (κ2) is 7.70. The highest BCUT2D eigenvalue weighted by atomic mass is 16.5. The SMILES string of the molecule is COC(=O)C(NC(=O)c1cc2occc2n1Cc1ccccc1C)C(C)C. The molecule has 0 spiro atoms. The molecule has 3 aromatic rings. The molecular weight excluding hydrogens is 344 g/mol. The lowest BCUT2D eigenvalue weighted by Crippen LogP contribution is -2.45. The van der Waals surface area contributed by atoms with Crippen LogP contribution < -0.4 is 5.32 Å². The Morgan fingerprint density at radius 2 is 1.96 bits per heavy atom. The van der Waals surface area contributed by atoms with Crippen molar-refractivity contribution in [3.05, 3.63) is 59.5 Å². The van der Waals surface area contributed by atoms with Crippen LogP contribution in [0.5, 0.6) is 0 Å². The third-order valence-corrected chi connectivity index (χ3v) is 4.75. The molecule has 0 saturated heterocycles. The summed E-state index contributed by atoms with van der Waals surface area (Å²) in [5.74, 6) is -0.887. The molecular formula is C21H24N2O4. The number of fused-ring (bicyclic) bond motifs is 1. The Morgan fingerprint density at radius 3 is 2.63 bits per heavy atom. The number of nitrogens with one attached hydrogen (secondary N) is 1. The molecule has 6 heteroatoms. The molecule has 27 heavy (non-hydrogen) atoms. The number of carbonyl (C=O) groups excluding carboxylic acids is 2. The second-order valence-electron chi connectivity index (χ2n) is 6.93. The van der Waals surface area contributed by atoms with Gasteiger partial charge < -0.3 is 19.0 Å². The van der Waals surface area contributed by atoms with Gasteiger partial charge in [0.15, 0.2) is 5.58 Å². The van der Waals surface area contributed by atoms with E-state index in [2.05, 4.69) is 5.32 Å². The predicted molar refractivity (Wildman–Crippen MR) is 103 cm³/mol. The summed E-state index contributed by atoms with van der Waals surface area (Å²) in [5, 5.41) is 2.80. The molecule has 1 aromatic carbocycles. The molecule has 0 bridgehead atoms. The van der Waals surface area contributed by atoms with Crippen molar-refractivity contribution >= 4 is 23.0 Å². The Morgan fingerprint density at radius 1 is 1.22 bits per heavy atom. The summed E-state index contributed by atoms with van der Waals surface area (Å²) in [6.45, 7) is 6.29. The molecule has 0 radical (unpaired) electrons. The number of aryl methyl sites for hydroxylation is 1. The monoisotopic (exact) mass is 368 g/mol. The maximum atomic E-state index is 13.0. The molecule has 1 N–H and O–H groups in total. The standard InChI is InChI=1S/C21H24N2O4/c1-13(2)19(21(25)26-4)22-20(24)17-11-18-16(9-10-27-18)23(17)12-15-8-6-5-7-14(15)3/h5-11,13,19H,12H2,1-4H3,(H,22,24). The number of aromatic nitrogens is 1. The third-order valence-electron chi connectivity index (χ3n) is 4.75. The molecule has 142 valence electrons. The smallest absolute Gasteiger partial charge is 0.328 e. The number of rotatable bonds is 6. The van der Waals surface area contributed by atoms with Crippen LogP contribution in [0, 0.1) is 12.8 Å². The summed E-state index contributed by atoms with van der Waals surface area (Å²) in [5.41, 5.74) is 4.17. The maximum absolute atomic E-state index is 13.0. The fourth-order valence-corrected chi connectivity index (χ4v) is 3.13. The Bertz CT molecular complexity index is 968. The number of hydrogen-bond acceptors (Lipinski definition) is 4. The minimum Gasteiger partial charge on any atom is -0.467 e. The van der Waals surface area contributed by atoms with Crippen molar-refractivity contribution in [3.63, 3.8) is 0 Å². The number of nitrogens with zero attached hydrogens (tertiary/aromatic N) is 1. The van der Waals surface area contributed by atoms with Crippen molar-refractivity contribution in [1.82, 2.24) is 9.88 Å². The number of hydrogen-bond donors (Lipinski definition) is 1. The van der Waals surface area contributed by atoms with Gasteiger partial charge in [-0.2, -0.15) is 0 Å². The van der Waals surface area contributed by atoms with Crippen LogP contribution in [-0.2, 0) is 16.1 Å². The highest BCUT2D eigenvalue weighted by molar-refractivity contribution is 5.99. The van der Waals surface area contributed by atoms with Gasteiger partial charge in [-0.1, -0.05) is 38.1 Å². The van der Waals surface area contributed by atoms with Crippen LogP contribution in [0.4, 0.5) is 0 Å². The number of carbonyl (C=O) groups is 2. The number of amides is 1. The summed E-state index contributed by atoms with van der Waals surface area (Å²) in [7, 11) is 1.32. The number of methoxy groups -OCH3 is 1. The van der Waals surface area contributed by atoms with Gasteiger partial charge in [0.05, 0.1) is 18.9 Å². The van der Waals surface area contributed by atoms with E-state index in [0.29, 0.717) is 17.8 Å². The summed E-state index contributed by atoms with van der Waals surface area (Å²) in [6.07, 6.45) is 1.60. The fourth-order valence-electron chi connectivity index (χ4n) is 3.13.